The molecule has 0 aromatic heterocycles. The fourth-order valence-electron chi connectivity index (χ4n) is 4.20. The van der Waals surface area contributed by atoms with Crippen molar-refractivity contribution in [2.24, 2.45) is 0 Å². The van der Waals surface area contributed by atoms with E-state index in [1.165, 1.54) is 31.0 Å². The highest BCUT2D eigenvalue weighted by Crippen LogP contribution is 2.27. The lowest BCUT2D eigenvalue weighted by Crippen LogP contribution is -2.48. The minimum Gasteiger partial charge on any atom is -0.372 e. The molecule has 0 spiro atoms. The number of morpholine rings is 1. The third kappa shape index (κ3) is 5.29. The summed E-state index contributed by atoms with van der Waals surface area (Å²) in [6, 6.07) is 8.00. The average Bonchev–Trinajstić information content (AvgIpc) is 2.71. The summed E-state index contributed by atoms with van der Waals surface area (Å²) in [4.78, 5) is 30.4. The zero-order valence-corrected chi connectivity index (χ0v) is 18.0. The molecule has 0 bridgehead atoms. The summed E-state index contributed by atoms with van der Waals surface area (Å²) in [5.41, 5.74) is 0.682. The van der Waals surface area contributed by atoms with Gasteiger partial charge in [0.1, 0.15) is 0 Å². The number of hydrogen-bond acceptors (Lipinski definition) is 4. The molecule has 5 nitrogen and oxygen atoms in total. The molecule has 0 N–H and O–H groups in total. The summed E-state index contributed by atoms with van der Waals surface area (Å²) in [7, 11) is 1.92. The molecule has 28 heavy (non-hydrogen) atoms. The van der Waals surface area contributed by atoms with Gasteiger partial charge in [0.15, 0.2) is 0 Å². The molecule has 2 amide bonds. The Hall–Kier alpha value is -1.53. The van der Waals surface area contributed by atoms with Crippen molar-refractivity contribution in [2.45, 2.75) is 69.1 Å². The van der Waals surface area contributed by atoms with Gasteiger partial charge in [0.2, 0.25) is 5.91 Å². The summed E-state index contributed by atoms with van der Waals surface area (Å²) >= 11 is 1.47. The molecule has 2 unspecified atom stereocenters. The number of rotatable bonds is 5. The van der Waals surface area contributed by atoms with Gasteiger partial charge in [0.25, 0.3) is 5.91 Å². The Morgan fingerprint density at radius 3 is 2.43 bits per heavy atom. The van der Waals surface area contributed by atoms with Crippen molar-refractivity contribution in [3.63, 3.8) is 0 Å². The molecule has 1 aromatic carbocycles. The highest BCUT2D eigenvalue weighted by molar-refractivity contribution is 8.00. The van der Waals surface area contributed by atoms with Crippen LogP contribution in [0.2, 0.25) is 0 Å². The Kier molecular flexibility index (Phi) is 7.41. The fraction of sp³-hybridized carbons (Fsp3) is 0.636. The Morgan fingerprint density at radius 1 is 1.11 bits per heavy atom. The fourth-order valence-corrected chi connectivity index (χ4v) is 5.16. The van der Waals surface area contributed by atoms with E-state index in [1.807, 2.05) is 55.0 Å². The smallest absolute Gasteiger partial charge is 0.255 e. The van der Waals surface area contributed by atoms with E-state index < -0.39 is 0 Å². The molecular formula is C22H32N2O3S. The van der Waals surface area contributed by atoms with Gasteiger partial charge in [-0.05, 0) is 38.8 Å². The Balaban J connectivity index is 1.63. The van der Waals surface area contributed by atoms with Gasteiger partial charge in [-0.1, -0.05) is 31.4 Å². The summed E-state index contributed by atoms with van der Waals surface area (Å²) < 4.78 is 5.75. The normalized spacial score (nSPS) is 23.5. The van der Waals surface area contributed by atoms with Crippen LogP contribution in [-0.2, 0) is 9.53 Å². The van der Waals surface area contributed by atoms with E-state index in [1.54, 1.807) is 0 Å². The van der Waals surface area contributed by atoms with Crippen LogP contribution in [0.25, 0.3) is 0 Å². The van der Waals surface area contributed by atoms with E-state index in [2.05, 4.69) is 0 Å². The maximum absolute atomic E-state index is 13.1. The minimum absolute atomic E-state index is 0.0261. The Morgan fingerprint density at radius 2 is 1.75 bits per heavy atom. The number of benzene rings is 1. The predicted molar refractivity (Wildman–Crippen MR) is 113 cm³/mol. The van der Waals surface area contributed by atoms with E-state index in [4.69, 9.17) is 4.74 Å². The molecule has 6 heteroatoms. The van der Waals surface area contributed by atoms with Crippen LogP contribution in [0, 0.1) is 0 Å². The number of carbonyl (C=O) groups excluding carboxylic acids is 2. The molecule has 2 fully saturated rings. The molecule has 1 aromatic rings. The van der Waals surface area contributed by atoms with Gasteiger partial charge in [-0.2, -0.15) is 0 Å². The maximum Gasteiger partial charge on any atom is 0.255 e. The first-order valence-electron chi connectivity index (χ1n) is 10.4. The van der Waals surface area contributed by atoms with Crippen LogP contribution in [0.15, 0.2) is 29.2 Å². The summed E-state index contributed by atoms with van der Waals surface area (Å²) in [5, 5.41) is 0. The number of carbonyl (C=O) groups is 2. The molecule has 154 valence electrons. The van der Waals surface area contributed by atoms with Crippen LogP contribution in [0.3, 0.4) is 0 Å². The lowest BCUT2D eigenvalue weighted by atomic mass is 9.94. The number of ether oxygens (including phenoxy) is 1. The lowest BCUT2D eigenvalue weighted by molar-refractivity contribution is -0.129. The molecule has 2 atom stereocenters. The molecule has 1 aliphatic carbocycles. The first kappa shape index (κ1) is 21.2. The SMILES string of the molecule is CC1CN(C(=O)c2ccccc2SCC(=O)N(C)C2CCCCC2)CC(C)O1. The van der Waals surface area contributed by atoms with Gasteiger partial charge < -0.3 is 14.5 Å². The van der Waals surface area contributed by atoms with Crippen LogP contribution in [-0.4, -0.2) is 65.8 Å². The first-order valence-corrected chi connectivity index (χ1v) is 11.4. The van der Waals surface area contributed by atoms with Crippen LogP contribution in [0.1, 0.15) is 56.3 Å². The van der Waals surface area contributed by atoms with E-state index in [9.17, 15) is 9.59 Å². The minimum atomic E-state index is 0.0261. The molecule has 1 saturated carbocycles. The Bertz CT molecular complexity index is 680. The predicted octanol–water partition coefficient (Wildman–Crippen LogP) is 3.82. The third-order valence-corrected chi connectivity index (χ3v) is 6.75. The van der Waals surface area contributed by atoms with Gasteiger partial charge in [-0.3, -0.25) is 9.59 Å². The van der Waals surface area contributed by atoms with Crippen molar-refractivity contribution < 1.29 is 14.3 Å². The largest absolute Gasteiger partial charge is 0.372 e. The summed E-state index contributed by atoms with van der Waals surface area (Å²) in [5.74, 6) is 0.540. The summed E-state index contributed by atoms with van der Waals surface area (Å²) in [6.07, 6.45) is 6.00. The zero-order valence-electron chi connectivity index (χ0n) is 17.2. The second-order valence-electron chi connectivity index (χ2n) is 8.05. The van der Waals surface area contributed by atoms with Gasteiger partial charge in [0.05, 0.1) is 23.5 Å². The molecule has 2 aliphatic rings. The molecule has 0 radical (unpaired) electrons. The monoisotopic (exact) mass is 404 g/mol. The second-order valence-corrected chi connectivity index (χ2v) is 9.07. The van der Waals surface area contributed by atoms with E-state index >= 15 is 0 Å². The van der Waals surface area contributed by atoms with Gasteiger partial charge in [0, 0.05) is 31.1 Å². The number of amides is 2. The molecule has 3 rings (SSSR count). The van der Waals surface area contributed by atoms with Crippen molar-refractivity contribution in [1.29, 1.82) is 0 Å². The summed E-state index contributed by atoms with van der Waals surface area (Å²) in [6.45, 7) is 5.20. The maximum atomic E-state index is 13.1. The second kappa shape index (κ2) is 9.79. The topological polar surface area (TPSA) is 49.9 Å². The molecule has 1 saturated heterocycles. The quantitative estimate of drug-likeness (QED) is 0.700. The number of nitrogens with zero attached hydrogens (tertiary/aromatic N) is 2. The van der Waals surface area contributed by atoms with Crippen molar-refractivity contribution in [2.75, 3.05) is 25.9 Å². The van der Waals surface area contributed by atoms with Gasteiger partial charge in [-0.15, -0.1) is 11.8 Å². The van der Waals surface area contributed by atoms with Crippen molar-refractivity contribution >= 4 is 23.6 Å². The average molecular weight is 405 g/mol. The zero-order chi connectivity index (χ0) is 20.1. The molecule has 1 heterocycles. The van der Waals surface area contributed by atoms with Crippen molar-refractivity contribution in [3.8, 4) is 0 Å². The van der Waals surface area contributed by atoms with E-state index in [0.717, 1.165) is 17.7 Å². The van der Waals surface area contributed by atoms with Crippen molar-refractivity contribution in [3.05, 3.63) is 29.8 Å². The van der Waals surface area contributed by atoms with E-state index in [0.29, 0.717) is 30.4 Å². The Labute approximate surface area is 172 Å². The standard InChI is InChI=1S/C22H32N2O3S/c1-16-13-24(14-17(2)27-16)22(26)19-11-7-8-12-20(19)28-15-21(25)23(3)18-9-5-4-6-10-18/h7-8,11-12,16-18H,4-6,9-10,13-15H2,1-3H3. The van der Waals surface area contributed by atoms with E-state index in [-0.39, 0.29) is 24.0 Å². The number of thioether (sulfide) groups is 1. The first-order chi connectivity index (χ1) is 13.5. The van der Waals surface area contributed by atoms with Crippen LogP contribution in [0.4, 0.5) is 0 Å². The lowest BCUT2D eigenvalue weighted by Gasteiger charge is -2.35. The van der Waals surface area contributed by atoms with Crippen LogP contribution < -0.4 is 0 Å². The highest BCUT2D eigenvalue weighted by atomic mass is 32.2. The van der Waals surface area contributed by atoms with Gasteiger partial charge in [-0.25, -0.2) is 0 Å². The third-order valence-electron chi connectivity index (χ3n) is 5.69. The van der Waals surface area contributed by atoms with Crippen molar-refractivity contribution in [1.82, 2.24) is 9.80 Å². The molecule has 1 aliphatic heterocycles. The van der Waals surface area contributed by atoms with Gasteiger partial charge >= 0.3 is 0 Å². The van der Waals surface area contributed by atoms with Crippen LogP contribution in [0.5, 0.6) is 0 Å². The highest BCUT2D eigenvalue weighted by Gasteiger charge is 2.28. The molecular weight excluding hydrogens is 372 g/mol. The number of hydrogen-bond donors (Lipinski definition) is 0. The van der Waals surface area contributed by atoms with Crippen LogP contribution >= 0.6 is 11.8 Å².